The molecule has 6 nitrogen and oxygen atoms in total. The maximum atomic E-state index is 11.9. The van der Waals surface area contributed by atoms with Crippen LogP contribution in [0.3, 0.4) is 0 Å². The Hall–Kier alpha value is -1.25. The van der Waals surface area contributed by atoms with Crippen molar-refractivity contribution >= 4 is 26.8 Å². The van der Waals surface area contributed by atoms with E-state index in [2.05, 4.69) is 4.72 Å². The Labute approximate surface area is 114 Å². The van der Waals surface area contributed by atoms with Crippen LogP contribution in [0, 0.1) is 0 Å². The number of aromatic carboxylic acids is 1. The number of benzene rings is 1. The van der Waals surface area contributed by atoms with Crippen LogP contribution >= 0.6 is 0 Å². The van der Waals surface area contributed by atoms with E-state index >= 15 is 0 Å². The molecule has 0 aromatic heterocycles. The van der Waals surface area contributed by atoms with E-state index in [1.165, 1.54) is 30.5 Å². The Balaban J connectivity index is 2.83. The standard InChI is InChI=1S/C11H15NO5S2/c1-8(18(2)15)7-12-19(16,17)10-5-3-9(4-6-10)11(13)14/h3-6,8,12H,7H2,1-2H3,(H,13,14)/t8-,18-/m1/s1. The fourth-order valence-electron chi connectivity index (χ4n) is 1.20. The summed E-state index contributed by atoms with van der Waals surface area (Å²) >= 11 is 0. The molecule has 0 amide bonds. The third-order valence-electron chi connectivity index (χ3n) is 2.54. The van der Waals surface area contributed by atoms with Gasteiger partial charge >= 0.3 is 5.97 Å². The van der Waals surface area contributed by atoms with Crippen molar-refractivity contribution in [2.45, 2.75) is 17.1 Å². The topological polar surface area (TPSA) is 101 Å². The molecule has 0 aliphatic carbocycles. The Morgan fingerprint density at radius 1 is 1.37 bits per heavy atom. The summed E-state index contributed by atoms with van der Waals surface area (Å²) in [5, 5.41) is 8.42. The molecule has 0 unspecified atom stereocenters. The van der Waals surface area contributed by atoms with E-state index in [1.54, 1.807) is 6.92 Å². The summed E-state index contributed by atoms with van der Waals surface area (Å²) in [6.45, 7) is 1.73. The van der Waals surface area contributed by atoms with Crippen molar-refractivity contribution in [3.63, 3.8) is 0 Å². The van der Waals surface area contributed by atoms with E-state index in [9.17, 15) is 17.4 Å². The predicted octanol–water partition coefficient (Wildman–Crippen LogP) is 0.430. The van der Waals surface area contributed by atoms with Gasteiger partial charge in [-0.1, -0.05) is 0 Å². The molecule has 2 N–H and O–H groups in total. The third-order valence-corrected chi connectivity index (χ3v) is 5.28. The Morgan fingerprint density at radius 3 is 2.32 bits per heavy atom. The second kappa shape index (κ2) is 6.27. The van der Waals surface area contributed by atoms with E-state index in [1.807, 2.05) is 0 Å². The van der Waals surface area contributed by atoms with Crippen molar-refractivity contribution in [3.05, 3.63) is 29.8 Å². The first-order valence-electron chi connectivity index (χ1n) is 5.39. The van der Waals surface area contributed by atoms with Crippen LogP contribution in [-0.4, -0.2) is 41.8 Å². The minimum atomic E-state index is -3.71. The van der Waals surface area contributed by atoms with Crippen LogP contribution in [0.5, 0.6) is 0 Å². The molecule has 1 aromatic rings. The van der Waals surface area contributed by atoms with Crippen LogP contribution in [-0.2, 0) is 20.8 Å². The van der Waals surface area contributed by atoms with Crippen LogP contribution in [0.15, 0.2) is 29.2 Å². The normalized spacial score (nSPS) is 14.8. The molecule has 19 heavy (non-hydrogen) atoms. The highest BCUT2D eigenvalue weighted by Gasteiger charge is 2.16. The van der Waals surface area contributed by atoms with Gasteiger partial charge in [-0.25, -0.2) is 17.9 Å². The smallest absolute Gasteiger partial charge is 0.335 e. The minimum absolute atomic E-state index is 0.0157. The molecule has 0 saturated heterocycles. The largest absolute Gasteiger partial charge is 0.478 e. The highest BCUT2D eigenvalue weighted by Crippen LogP contribution is 2.10. The van der Waals surface area contributed by atoms with Crippen molar-refractivity contribution < 1.29 is 22.5 Å². The van der Waals surface area contributed by atoms with Gasteiger partial charge in [0.15, 0.2) is 0 Å². The van der Waals surface area contributed by atoms with Crippen molar-refractivity contribution in [1.82, 2.24) is 4.72 Å². The van der Waals surface area contributed by atoms with E-state index in [-0.39, 0.29) is 22.3 Å². The Kier molecular flexibility index (Phi) is 5.21. The van der Waals surface area contributed by atoms with Crippen LogP contribution in [0.25, 0.3) is 0 Å². The first kappa shape index (κ1) is 15.8. The molecule has 0 aliphatic rings. The summed E-state index contributed by atoms with van der Waals surface area (Å²) in [6, 6.07) is 4.88. The SMILES string of the molecule is C[C@H](CNS(=O)(=O)c1ccc(C(=O)O)cc1)[S@@](C)=O. The van der Waals surface area contributed by atoms with E-state index in [0.29, 0.717) is 0 Å². The molecule has 106 valence electrons. The van der Waals surface area contributed by atoms with Gasteiger partial charge in [-0.2, -0.15) is 0 Å². The van der Waals surface area contributed by atoms with Crippen LogP contribution in [0.1, 0.15) is 17.3 Å². The van der Waals surface area contributed by atoms with E-state index in [4.69, 9.17) is 5.11 Å². The van der Waals surface area contributed by atoms with E-state index in [0.717, 1.165) is 0 Å². The van der Waals surface area contributed by atoms with Gasteiger partial charge in [0.2, 0.25) is 10.0 Å². The molecule has 1 rings (SSSR count). The number of hydrogen-bond donors (Lipinski definition) is 2. The maximum absolute atomic E-state index is 11.9. The van der Waals surface area contributed by atoms with Crippen molar-refractivity contribution in [3.8, 4) is 0 Å². The van der Waals surface area contributed by atoms with Crippen molar-refractivity contribution in [1.29, 1.82) is 0 Å². The van der Waals surface area contributed by atoms with Crippen LogP contribution in [0.4, 0.5) is 0 Å². The first-order valence-corrected chi connectivity index (χ1v) is 8.49. The highest BCUT2D eigenvalue weighted by atomic mass is 32.2. The fourth-order valence-corrected chi connectivity index (χ4v) is 2.76. The maximum Gasteiger partial charge on any atom is 0.335 e. The van der Waals surface area contributed by atoms with Crippen LogP contribution < -0.4 is 4.72 Å². The molecule has 8 heteroatoms. The van der Waals surface area contributed by atoms with Crippen molar-refractivity contribution in [2.75, 3.05) is 12.8 Å². The molecule has 0 bridgehead atoms. The van der Waals surface area contributed by atoms with Gasteiger partial charge in [-0.15, -0.1) is 0 Å². The van der Waals surface area contributed by atoms with Gasteiger partial charge in [0, 0.05) is 28.9 Å². The first-order chi connectivity index (χ1) is 8.74. The lowest BCUT2D eigenvalue weighted by atomic mass is 10.2. The number of sulfonamides is 1. The van der Waals surface area contributed by atoms with Crippen LogP contribution in [0.2, 0.25) is 0 Å². The summed E-state index contributed by atoms with van der Waals surface area (Å²) in [5.41, 5.74) is 0.0157. The third kappa shape index (κ3) is 4.41. The molecule has 0 aliphatic heterocycles. The minimum Gasteiger partial charge on any atom is -0.478 e. The number of rotatable bonds is 6. The molecule has 2 atom stereocenters. The molecular formula is C11H15NO5S2. The monoisotopic (exact) mass is 305 g/mol. The lowest BCUT2D eigenvalue weighted by molar-refractivity contribution is 0.0696. The highest BCUT2D eigenvalue weighted by molar-refractivity contribution is 7.89. The van der Waals surface area contributed by atoms with Gasteiger partial charge in [0.1, 0.15) is 0 Å². The second-order valence-electron chi connectivity index (χ2n) is 3.99. The Morgan fingerprint density at radius 2 is 1.89 bits per heavy atom. The van der Waals surface area contributed by atoms with Gasteiger partial charge in [0.25, 0.3) is 0 Å². The average Bonchev–Trinajstić information content (AvgIpc) is 2.36. The number of hydrogen-bond acceptors (Lipinski definition) is 4. The zero-order valence-corrected chi connectivity index (χ0v) is 12.1. The van der Waals surface area contributed by atoms with Gasteiger partial charge in [0.05, 0.1) is 10.5 Å². The van der Waals surface area contributed by atoms with Gasteiger partial charge < -0.3 is 5.11 Å². The van der Waals surface area contributed by atoms with Crippen molar-refractivity contribution in [2.24, 2.45) is 0 Å². The summed E-state index contributed by atoms with van der Waals surface area (Å²) in [4.78, 5) is 10.6. The fraction of sp³-hybridized carbons (Fsp3) is 0.364. The average molecular weight is 305 g/mol. The quantitative estimate of drug-likeness (QED) is 0.794. The summed E-state index contributed by atoms with van der Waals surface area (Å²) in [5.74, 6) is -1.12. The molecule has 1 aromatic carbocycles. The molecular weight excluding hydrogens is 290 g/mol. The number of nitrogens with one attached hydrogen (secondary N) is 1. The summed E-state index contributed by atoms with van der Waals surface area (Å²) < 4.78 is 37.2. The zero-order valence-electron chi connectivity index (χ0n) is 10.5. The molecule has 0 fully saturated rings. The lowest BCUT2D eigenvalue weighted by Crippen LogP contribution is -2.32. The lowest BCUT2D eigenvalue weighted by Gasteiger charge is -2.10. The molecule has 0 saturated carbocycles. The summed E-state index contributed by atoms with van der Waals surface area (Å²) in [6.07, 6.45) is 1.50. The van der Waals surface area contributed by atoms with Gasteiger partial charge in [-0.05, 0) is 31.2 Å². The number of carboxylic acid groups (broad SMARTS) is 1. The summed E-state index contributed by atoms with van der Waals surface area (Å²) in [7, 11) is -4.82. The molecule has 0 heterocycles. The predicted molar refractivity (Wildman–Crippen MR) is 72.1 cm³/mol. The molecule has 0 radical (unpaired) electrons. The number of carboxylic acids is 1. The Bertz CT molecular complexity index is 580. The second-order valence-corrected chi connectivity index (χ2v) is 7.56. The van der Waals surface area contributed by atoms with E-state index < -0.39 is 26.8 Å². The molecule has 0 spiro atoms. The van der Waals surface area contributed by atoms with Gasteiger partial charge in [-0.3, -0.25) is 4.21 Å². The zero-order chi connectivity index (χ0) is 14.6. The number of carbonyl (C=O) groups is 1.